The SMILES string of the molecule is COc1ccc2c(C)c(CCC(=O)Nc3ccc(OC)nc3)c(=O)oc2c1. The molecule has 0 saturated carbocycles. The van der Waals surface area contributed by atoms with Gasteiger partial charge in [-0.3, -0.25) is 4.79 Å². The largest absolute Gasteiger partial charge is 0.497 e. The van der Waals surface area contributed by atoms with Gasteiger partial charge >= 0.3 is 5.63 Å². The molecule has 7 nitrogen and oxygen atoms in total. The first-order chi connectivity index (χ1) is 13.0. The summed E-state index contributed by atoms with van der Waals surface area (Å²) in [6.45, 7) is 1.85. The van der Waals surface area contributed by atoms with Gasteiger partial charge in [-0.15, -0.1) is 0 Å². The molecule has 2 heterocycles. The average Bonchev–Trinajstić information content (AvgIpc) is 2.67. The van der Waals surface area contributed by atoms with Crippen LogP contribution < -0.4 is 20.4 Å². The van der Waals surface area contributed by atoms with E-state index in [2.05, 4.69) is 10.3 Å². The monoisotopic (exact) mass is 368 g/mol. The first-order valence-corrected chi connectivity index (χ1v) is 8.42. The fourth-order valence-electron chi connectivity index (χ4n) is 2.83. The van der Waals surface area contributed by atoms with Crippen LogP contribution in [0.3, 0.4) is 0 Å². The Morgan fingerprint density at radius 3 is 2.67 bits per heavy atom. The van der Waals surface area contributed by atoms with Gasteiger partial charge in [-0.05, 0) is 37.1 Å². The summed E-state index contributed by atoms with van der Waals surface area (Å²) in [5.41, 5.74) is 1.90. The van der Waals surface area contributed by atoms with Crippen LogP contribution in [0.4, 0.5) is 5.69 Å². The van der Waals surface area contributed by atoms with E-state index in [0.29, 0.717) is 28.5 Å². The normalized spacial score (nSPS) is 10.6. The Hall–Kier alpha value is -3.35. The van der Waals surface area contributed by atoms with Crippen molar-refractivity contribution in [3.63, 3.8) is 0 Å². The fourth-order valence-corrected chi connectivity index (χ4v) is 2.83. The third-order valence-corrected chi connectivity index (χ3v) is 4.33. The highest BCUT2D eigenvalue weighted by atomic mass is 16.5. The zero-order valence-electron chi connectivity index (χ0n) is 15.4. The van der Waals surface area contributed by atoms with Crippen LogP contribution in [0.15, 0.2) is 45.7 Å². The molecule has 0 atom stereocenters. The van der Waals surface area contributed by atoms with Crippen molar-refractivity contribution in [2.75, 3.05) is 19.5 Å². The van der Waals surface area contributed by atoms with E-state index in [4.69, 9.17) is 13.9 Å². The van der Waals surface area contributed by atoms with Gasteiger partial charge in [-0.2, -0.15) is 0 Å². The lowest BCUT2D eigenvalue weighted by Gasteiger charge is -2.09. The van der Waals surface area contributed by atoms with Crippen molar-refractivity contribution in [2.24, 2.45) is 0 Å². The number of nitrogens with one attached hydrogen (secondary N) is 1. The minimum absolute atomic E-state index is 0.152. The molecule has 0 spiro atoms. The molecular formula is C20H20N2O5. The van der Waals surface area contributed by atoms with Crippen molar-refractivity contribution in [3.8, 4) is 11.6 Å². The third-order valence-electron chi connectivity index (χ3n) is 4.33. The zero-order valence-corrected chi connectivity index (χ0v) is 15.4. The van der Waals surface area contributed by atoms with E-state index in [-0.39, 0.29) is 18.7 Å². The van der Waals surface area contributed by atoms with Crippen molar-refractivity contribution in [1.82, 2.24) is 4.98 Å². The summed E-state index contributed by atoms with van der Waals surface area (Å²) in [7, 11) is 3.07. The van der Waals surface area contributed by atoms with Crippen LogP contribution in [0, 0.1) is 6.92 Å². The van der Waals surface area contributed by atoms with E-state index in [1.165, 1.54) is 13.3 Å². The summed E-state index contributed by atoms with van der Waals surface area (Å²) in [5.74, 6) is 0.870. The first-order valence-electron chi connectivity index (χ1n) is 8.42. The average molecular weight is 368 g/mol. The van der Waals surface area contributed by atoms with Crippen molar-refractivity contribution >= 4 is 22.6 Å². The molecule has 2 aromatic heterocycles. The van der Waals surface area contributed by atoms with Gasteiger partial charge in [-0.1, -0.05) is 0 Å². The van der Waals surface area contributed by atoms with Crippen LogP contribution >= 0.6 is 0 Å². The lowest BCUT2D eigenvalue weighted by atomic mass is 10.0. The van der Waals surface area contributed by atoms with Crippen LogP contribution in [-0.4, -0.2) is 25.1 Å². The highest BCUT2D eigenvalue weighted by molar-refractivity contribution is 5.91. The fraction of sp³-hybridized carbons (Fsp3) is 0.250. The van der Waals surface area contributed by atoms with Crippen LogP contribution in [-0.2, 0) is 11.2 Å². The molecule has 3 aromatic rings. The number of carbonyl (C=O) groups is 1. The topological polar surface area (TPSA) is 90.7 Å². The smallest absolute Gasteiger partial charge is 0.339 e. The minimum Gasteiger partial charge on any atom is -0.497 e. The molecule has 1 aromatic carbocycles. The second kappa shape index (κ2) is 7.90. The predicted molar refractivity (Wildman–Crippen MR) is 102 cm³/mol. The number of fused-ring (bicyclic) bond motifs is 1. The number of hydrogen-bond donors (Lipinski definition) is 1. The van der Waals surface area contributed by atoms with E-state index in [0.717, 1.165) is 10.9 Å². The highest BCUT2D eigenvalue weighted by Gasteiger charge is 2.14. The van der Waals surface area contributed by atoms with Crippen molar-refractivity contribution in [2.45, 2.75) is 19.8 Å². The molecule has 0 unspecified atom stereocenters. The minimum atomic E-state index is -0.438. The van der Waals surface area contributed by atoms with Crippen LogP contribution in [0.25, 0.3) is 11.0 Å². The Morgan fingerprint density at radius 2 is 2.00 bits per heavy atom. The Labute approximate surface area is 155 Å². The van der Waals surface area contributed by atoms with Gasteiger partial charge in [-0.25, -0.2) is 9.78 Å². The second-order valence-corrected chi connectivity index (χ2v) is 5.99. The van der Waals surface area contributed by atoms with Gasteiger partial charge < -0.3 is 19.2 Å². The number of carbonyl (C=O) groups excluding carboxylic acids is 1. The quantitative estimate of drug-likeness (QED) is 0.673. The maximum atomic E-state index is 12.3. The van der Waals surface area contributed by atoms with Crippen LogP contribution in [0.2, 0.25) is 0 Å². The van der Waals surface area contributed by atoms with Gasteiger partial charge in [0.1, 0.15) is 11.3 Å². The van der Waals surface area contributed by atoms with E-state index < -0.39 is 5.63 Å². The van der Waals surface area contributed by atoms with Crippen LogP contribution in [0.1, 0.15) is 17.5 Å². The summed E-state index contributed by atoms with van der Waals surface area (Å²) < 4.78 is 15.5. The Kier molecular flexibility index (Phi) is 5.40. The van der Waals surface area contributed by atoms with Crippen molar-refractivity contribution < 1.29 is 18.7 Å². The summed E-state index contributed by atoms with van der Waals surface area (Å²) in [4.78, 5) is 28.6. The number of nitrogens with zero attached hydrogens (tertiary/aromatic N) is 1. The Morgan fingerprint density at radius 1 is 1.19 bits per heavy atom. The molecule has 140 valence electrons. The lowest BCUT2D eigenvalue weighted by Crippen LogP contribution is -2.16. The summed E-state index contributed by atoms with van der Waals surface area (Å²) in [6, 6.07) is 8.69. The van der Waals surface area contributed by atoms with Crippen LogP contribution in [0.5, 0.6) is 11.6 Å². The number of anilines is 1. The summed E-state index contributed by atoms with van der Waals surface area (Å²) in [5, 5.41) is 3.57. The summed E-state index contributed by atoms with van der Waals surface area (Å²) >= 11 is 0. The van der Waals surface area contributed by atoms with E-state index in [1.807, 2.05) is 19.1 Å². The molecule has 1 amide bonds. The lowest BCUT2D eigenvalue weighted by molar-refractivity contribution is -0.116. The molecule has 0 fully saturated rings. The highest BCUT2D eigenvalue weighted by Crippen LogP contribution is 2.24. The number of amides is 1. The van der Waals surface area contributed by atoms with Crippen molar-refractivity contribution in [3.05, 3.63) is 58.1 Å². The maximum absolute atomic E-state index is 12.3. The van der Waals surface area contributed by atoms with Crippen molar-refractivity contribution in [1.29, 1.82) is 0 Å². The molecule has 1 N–H and O–H groups in total. The molecule has 0 aliphatic heterocycles. The maximum Gasteiger partial charge on any atom is 0.339 e. The van der Waals surface area contributed by atoms with E-state index >= 15 is 0 Å². The van der Waals surface area contributed by atoms with Gasteiger partial charge in [0.2, 0.25) is 11.8 Å². The number of aromatic nitrogens is 1. The molecule has 7 heteroatoms. The standard InChI is InChI=1S/C20H20N2O5/c1-12-15-6-5-14(25-2)10-17(15)27-20(24)16(12)7-8-18(23)22-13-4-9-19(26-3)21-11-13/h4-6,9-11H,7-8H2,1-3H3,(H,22,23). The summed E-state index contributed by atoms with van der Waals surface area (Å²) in [6.07, 6.45) is 1.95. The van der Waals surface area contributed by atoms with Gasteiger partial charge in [0.15, 0.2) is 0 Å². The number of hydrogen-bond acceptors (Lipinski definition) is 6. The molecule has 0 saturated heterocycles. The molecule has 27 heavy (non-hydrogen) atoms. The van der Waals surface area contributed by atoms with E-state index in [9.17, 15) is 9.59 Å². The Balaban J connectivity index is 1.74. The van der Waals surface area contributed by atoms with Gasteiger partial charge in [0.25, 0.3) is 0 Å². The third kappa shape index (κ3) is 4.08. The Bertz CT molecular complexity index is 1020. The number of aryl methyl sites for hydroxylation is 1. The van der Waals surface area contributed by atoms with Gasteiger partial charge in [0.05, 0.1) is 26.1 Å². The number of methoxy groups -OCH3 is 2. The molecule has 0 aliphatic carbocycles. The number of pyridine rings is 1. The first kappa shape index (κ1) is 18.4. The second-order valence-electron chi connectivity index (χ2n) is 5.99. The molecule has 0 bridgehead atoms. The molecule has 3 rings (SSSR count). The number of benzene rings is 1. The number of ether oxygens (including phenoxy) is 2. The zero-order chi connectivity index (χ0) is 19.4. The predicted octanol–water partition coefficient (Wildman–Crippen LogP) is 3.08. The molecule has 0 aliphatic rings. The molecular weight excluding hydrogens is 348 g/mol. The number of rotatable bonds is 6. The van der Waals surface area contributed by atoms with E-state index in [1.54, 1.807) is 25.3 Å². The van der Waals surface area contributed by atoms with Gasteiger partial charge in [0, 0.05) is 29.5 Å². The molecule has 0 radical (unpaired) electrons.